The summed E-state index contributed by atoms with van der Waals surface area (Å²) < 4.78 is 5.56. The molecule has 98 valence electrons. The van der Waals surface area contributed by atoms with Crippen LogP contribution in [0.3, 0.4) is 0 Å². The number of ether oxygens (including phenoxy) is 1. The van der Waals surface area contributed by atoms with Gasteiger partial charge in [-0.05, 0) is 25.2 Å². The predicted molar refractivity (Wildman–Crippen MR) is 66.6 cm³/mol. The zero-order chi connectivity index (χ0) is 12.1. The number of hydrogen-bond acceptors (Lipinski definition) is 3. The zero-order valence-corrected chi connectivity index (χ0v) is 10.8. The van der Waals surface area contributed by atoms with Crippen molar-refractivity contribution >= 4 is 5.91 Å². The molecule has 0 aromatic rings. The van der Waals surface area contributed by atoms with Crippen LogP contribution in [0.25, 0.3) is 0 Å². The van der Waals surface area contributed by atoms with Crippen molar-refractivity contribution in [2.45, 2.75) is 45.1 Å². The molecule has 0 aromatic carbocycles. The lowest BCUT2D eigenvalue weighted by molar-refractivity contribution is -0.129. The van der Waals surface area contributed by atoms with E-state index in [2.05, 4.69) is 12.2 Å². The van der Waals surface area contributed by atoms with Gasteiger partial charge in [-0.2, -0.15) is 0 Å². The second kappa shape index (κ2) is 6.36. The normalized spacial score (nSPS) is 24.6. The molecule has 2 fully saturated rings. The average molecular weight is 240 g/mol. The van der Waals surface area contributed by atoms with Crippen LogP contribution >= 0.6 is 0 Å². The fraction of sp³-hybridized carbons (Fsp3) is 0.923. The molecule has 2 rings (SSSR count). The first-order valence-electron chi connectivity index (χ1n) is 6.91. The Hall–Kier alpha value is -0.610. The summed E-state index contributed by atoms with van der Waals surface area (Å²) in [5.41, 5.74) is 0. The number of unbranched alkanes of at least 4 members (excludes halogenated alkanes) is 1. The van der Waals surface area contributed by atoms with E-state index in [0.29, 0.717) is 13.3 Å². The third-order valence-corrected chi connectivity index (χ3v) is 3.54. The Morgan fingerprint density at radius 2 is 2.29 bits per heavy atom. The highest BCUT2D eigenvalue weighted by Crippen LogP contribution is 2.28. The van der Waals surface area contributed by atoms with Crippen LogP contribution in [-0.4, -0.2) is 43.3 Å². The summed E-state index contributed by atoms with van der Waals surface area (Å²) in [6.07, 6.45) is 5.88. The van der Waals surface area contributed by atoms with Gasteiger partial charge in [-0.3, -0.25) is 10.1 Å². The van der Waals surface area contributed by atoms with Gasteiger partial charge < -0.3 is 9.64 Å². The Balaban J connectivity index is 1.58. The largest absolute Gasteiger partial charge is 0.379 e. The lowest BCUT2D eigenvalue weighted by atomic mass is 10.1. The molecule has 1 saturated carbocycles. The maximum absolute atomic E-state index is 12.0. The summed E-state index contributed by atoms with van der Waals surface area (Å²) in [6, 6.07) is 0.0541. The van der Waals surface area contributed by atoms with E-state index in [9.17, 15) is 4.79 Å². The van der Waals surface area contributed by atoms with E-state index in [1.165, 1.54) is 12.8 Å². The summed E-state index contributed by atoms with van der Waals surface area (Å²) in [5, 5.41) is 3.27. The first kappa shape index (κ1) is 12.8. The summed E-state index contributed by atoms with van der Waals surface area (Å²) in [5.74, 6) is 1.06. The molecule has 1 amide bonds. The highest BCUT2D eigenvalue weighted by atomic mass is 16.5. The Labute approximate surface area is 104 Å². The molecule has 0 radical (unpaired) electrons. The Bertz CT molecular complexity index is 254. The summed E-state index contributed by atoms with van der Waals surface area (Å²) in [7, 11) is 0. The summed E-state index contributed by atoms with van der Waals surface area (Å²) >= 11 is 0. The van der Waals surface area contributed by atoms with Gasteiger partial charge in [0.15, 0.2) is 0 Å². The van der Waals surface area contributed by atoms with Crippen LogP contribution in [-0.2, 0) is 9.53 Å². The first-order chi connectivity index (χ1) is 8.31. The lowest BCUT2D eigenvalue weighted by Crippen LogP contribution is -2.32. The number of nitrogens with one attached hydrogen (secondary N) is 1. The topological polar surface area (TPSA) is 41.6 Å². The van der Waals surface area contributed by atoms with Crippen LogP contribution in [0.15, 0.2) is 0 Å². The minimum atomic E-state index is 0.0541. The van der Waals surface area contributed by atoms with E-state index < -0.39 is 0 Å². The molecule has 0 aromatic heterocycles. The summed E-state index contributed by atoms with van der Waals surface area (Å²) in [6.45, 7) is 5.16. The minimum absolute atomic E-state index is 0.0541. The molecule has 1 unspecified atom stereocenters. The molecule has 0 spiro atoms. The Morgan fingerprint density at radius 3 is 3.00 bits per heavy atom. The average Bonchev–Trinajstić information content (AvgIpc) is 3.09. The second-order valence-electron chi connectivity index (χ2n) is 5.18. The number of carbonyl (C=O) groups is 1. The molecule has 17 heavy (non-hydrogen) atoms. The Kier molecular flexibility index (Phi) is 4.80. The van der Waals surface area contributed by atoms with Gasteiger partial charge in [-0.1, -0.05) is 19.8 Å². The number of hydrogen-bond donors (Lipinski definition) is 1. The van der Waals surface area contributed by atoms with Crippen molar-refractivity contribution in [2.75, 3.05) is 26.4 Å². The molecule has 1 aliphatic heterocycles. The van der Waals surface area contributed by atoms with Gasteiger partial charge in [0.25, 0.3) is 0 Å². The SMILES string of the molecule is CCCCC1NCN(CCOCC2CC2)C1=O. The molecule has 4 heteroatoms. The van der Waals surface area contributed by atoms with Gasteiger partial charge >= 0.3 is 0 Å². The van der Waals surface area contributed by atoms with E-state index in [0.717, 1.165) is 38.3 Å². The highest BCUT2D eigenvalue weighted by molar-refractivity contribution is 5.83. The van der Waals surface area contributed by atoms with Crippen molar-refractivity contribution in [3.05, 3.63) is 0 Å². The summed E-state index contributed by atoms with van der Waals surface area (Å²) in [4.78, 5) is 13.8. The van der Waals surface area contributed by atoms with E-state index in [1.54, 1.807) is 0 Å². The van der Waals surface area contributed by atoms with Crippen LogP contribution in [0.1, 0.15) is 39.0 Å². The highest BCUT2D eigenvalue weighted by Gasteiger charge is 2.30. The van der Waals surface area contributed by atoms with Gasteiger partial charge in [0.05, 0.1) is 19.3 Å². The van der Waals surface area contributed by atoms with Crippen molar-refractivity contribution in [1.29, 1.82) is 0 Å². The number of amides is 1. The quantitative estimate of drug-likeness (QED) is 0.651. The predicted octanol–water partition coefficient (Wildman–Crippen LogP) is 1.36. The van der Waals surface area contributed by atoms with Crippen molar-refractivity contribution < 1.29 is 9.53 Å². The van der Waals surface area contributed by atoms with Crippen LogP contribution in [0.4, 0.5) is 0 Å². The smallest absolute Gasteiger partial charge is 0.240 e. The number of carbonyl (C=O) groups excluding carboxylic acids is 1. The molecule has 1 atom stereocenters. The molecule has 0 bridgehead atoms. The monoisotopic (exact) mass is 240 g/mol. The molecule has 4 nitrogen and oxygen atoms in total. The Morgan fingerprint density at radius 1 is 1.47 bits per heavy atom. The van der Waals surface area contributed by atoms with Crippen molar-refractivity contribution in [3.63, 3.8) is 0 Å². The molecule has 1 heterocycles. The van der Waals surface area contributed by atoms with Gasteiger partial charge in [-0.25, -0.2) is 0 Å². The number of rotatable bonds is 8. The fourth-order valence-corrected chi connectivity index (χ4v) is 2.14. The van der Waals surface area contributed by atoms with Crippen molar-refractivity contribution in [2.24, 2.45) is 5.92 Å². The van der Waals surface area contributed by atoms with E-state index in [1.807, 2.05) is 4.90 Å². The maximum atomic E-state index is 12.0. The second-order valence-corrected chi connectivity index (χ2v) is 5.18. The zero-order valence-electron chi connectivity index (χ0n) is 10.8. The first-order valence-corrected chi connectivity index (χ1v) is 6.91. The van der Waals surface area contributed by atoms with Gasteiger partial charge in [0.2, 0.25) is 5.91 Å². The fourth-order valence-electron chi connectivity index (χ4n) is 2.14. The molecule has 1 N–H and O–H groups in total. The molecule has 1 aliphatic carbocycles. The molecule has 2 aliphatic rings. The molecular formula is C13H24N2O2. The third-order valence-electron chi connectivity index (χ3n) is 3.54. The van der Waals surface area contributed by atoms with E-state index in [-0.39, 0.29) is 11.9 Å². The molecular weight excluding hydrogens is 216 g/mol. The van der Waals surface area contributed by atoms with Crippen LogP contribution in [0.2, 0.25) is 0 Å². The third kappa shape index (κ3) is 3.96. The number of nitrogens with zero attached hydrogens (tertiary/aromatic N) is 1. The van der Waals surface area contributed by atoms with E-state index in [4.69, 9.17) is 4.74 Å². The standard InChI is InChI=1S/C13H24N2O2/c1-2-3-4-12-13(16)15(10-14-12)7-8-17-9-11-5-6-11/h11-12,14H,2-10H2,1H3. The van der Waals surface area contributed by atoms with Crippen LogP contribution in [0.5, 0.6) is 0 Å². The van der Waals surface area contributed by atoms with Crippen LogP contribution < -0.4 is 5.32 Å². The van der Waals surface area contributed by atoms with E-state index >= 15 is 0 Å². The minimum Gasteiger partial charge on any atom is -0.379 e. The van der Waals surface area contributed by atoms with Crippen molar-refractivity contribution in [3.8, 4) is 0 Å². The van der Waals surface area contributed by atoms with Crippen LogP contribution in [0, 0.1) is 5.92 Å². The van der Waals surface area contributed by atoms with Crippen molar-refractivity contribution in [1.82, 2.24) is 10.2 Å². The van der Waals surface area contributed by atoms with Gasteiger partial charge in [-0.15, -0.1) is 0 Å². The molecule has 1 saturated heterocycles. The van der Waals surface area contributed by atoms with Gasteiger partial charge in [0.1, 0.15) is 0 Å². The maximum Gasteiger partial charge on any atom is 0.240 e. The lowest BCUT2D eigenvalue weighted by Gasteiger charge is -2.15. The van der Waals surface area contributed by atoms with Gasteiger partial charge in [0, 0.05) is 13.2 Å².